The lowest BCUT2D eigenvalue weighted by molar-refractivity contribution is -0.255. The molecule has 0 radical (unpaired) electrons. The number of aromatic carboxylic acids is 1. The Morgan fingerprint density at radius 1 is 1.05 bits per heavy atom. The van der Waals surface area contributed by atoms with Crippen molar-refractivity contribution < 1.29 is 14.7 Å². The predicted octanol–water partition coefficient (Wildman–Crippen LogP) is 1.12. The van der Waals surface area contributed by atoms with E-state index < -0.39 is 5.97 Å². The summed E-state index contributed by atoms with van der Waals surface area (Å²) in [6.07, 6.45) is 0. The fourth-order valence-electron chi connectivity index (χ4n) is 2.01. The number of fused-ring (bicyclic) bond motifs is 1. The zero-order chi connectivity index (χ0) is 14.1. The lowest BCUT2D eigenvalue weighted by Crippen LogP contribution is -2.21. The number of benzene rings is 2. The molecule has 0 spiro atoms. The normalized spacial score (nSPS) is 15.0. The molecule has 1 aliphatic heterocycles. The van der Waals surface area contributed by atoms with Crippen LogP contribution in [-0.2, 0) is 4.79 Å². The molecule has 1 aliphatic rings. The molecule has 2 aromatic carbocycles. The van der Waals surface area contributed by atoms with E-state index in [4.69, 9.17) is 0 Å². The highest BCUT2D eigenvalue weighted by Crippen LogP contribution is 2.25. The van der Waals surface area contributed by atoms with E-state index in [0.29, 0.717) is 11.4 Å². The molecule has 0 saturated carbocycles. The summed E-state index contributed by atoms with van der Waals surface area (Å²) in [5.41, 5.74) is 2.37. The third kappa shape index (κ3) is 2.05. The Morgan fingerprint density at radius 2 is 1.75 bits per heavy atom. The molecule has 1 N–H and O–H groups in total. The van der Waals surface area contributed by atoms with Crippen molar-refractivity contribution in [1.82, 2.24) is 0 Å². The molecule has 0 saturated heterocycles. The van der Waals surface area contributed by atoms with E-state index in [2.05, 4.69) is 10.3 Å². The molecule has 5 heteroatoms. The first kappa shape index (κ1) is 12.1. The van der Waals surface area contributed by atoms with Crippen LogP contribution in [0.4, 0.5) is 11.4 Å². The van der Waals surface area contributed by atoms with Gasteiger partial charge in [0.15, 0.2) is 0 Å². The molecular weight excluding hydrogens is 256 g/mol. The minimum atomic E-state index is -1.24. The highest BCUT2D eigenvalue weighted by atomic mass is 16.4. The zero-order valence-corrected chi connectivity index (χ0v) is 10.3. The van der Waals surface area contributed by atoms with Gasteiger partial charge in [-0.05, 0) is 23.8 Å². The van der Waals surface area contributed by atoms with E-state index >= 15 is 0 Å². The fraction of sp³-hybridized carbons (Fsp3) is 0. The van der Waals surface area contributed by atoms with Crippen molar-refractivity contribution in [2.24, 2.45) is 4.99 Å². The van der Waals surface area contributed by atoms with Gasteiger partial charge in [-0.2, -0.15) is 0 Å². The number of nitrogens with one attached hydrogen (secondary N) is 1. The van der Waals surface area contributed by atoms with Gasteiger partial charge in [0.2, 0.25) is 0 Å². The second-order valence-electron chi connectivity index (χ2n) is 4.29. The summed E-state index contributed by atoms with van der Waals surface area (Å²) in [6, 6.07) is 13.1. The van der Waals surface area contributed by atoms with E-state index in [-0.39, 0.29) is 11.5 Å². The Kier molecular flexibility index (Phi) is 2.80. The Hall–Kier alpha value is -2.95. The van der Waals surface area contributed by atoms with Crippen LogP contribution in [0.25, 0.3) is 0 Å². The van der Waals surface area contributed by atoms with Crippen LogP contribution < -0.4 is 10.4 Å². The van der Waals surface area contributed by atoms with Crippen LogP contribution >= 0.6 is 0 Å². The number of carbonyl (C=O) groups excluding carboxylic acids is 2. The van der Waals surface area contributed by atoms with Gasteiger partial charge in [0, 0.05) is 5.56 Å². The van der Waals surface area contributed by atoms with Gasteiger partial charge in [0.05, 0.1) is 17.3 Å². The quantitative estimate of drug-likeness (QED) is 0.883. The van der Waals surface area contributed by atoms with Gasteiger partial charge in [0.25, 0.3) is 5.91 Å². The van der Waals surface area contributed by atoms with Crippen LogP contribution in [0.2, 0.25) is 0 Å². The van der Waals surface area contributed by atoms with Crippen molar-refractivity contribution in [2.75, 3.05) is 5.32 Å². The minimum Gasteiger partial charge on any atom is -0.545 e. The van der Waals surface area contributed by atoms with Crippen molar-refractivity contribution in [3.63, 3.8) is 0 Å². The number of aliphatic imine (C=N–C) groups is 1. The maximum Gasteiger partial charge on any atom is 0.275 e. The van der Waals surface area contributed by atoms with Gasteiger partial charge in [-0.15, -0.1) is 0 Å². The first-order valence-corrected chi connectivity index (χ1v) is 5.96. The highest BCUT2D eigenvalue weighted by Gasteiger charge is 2.25. The van der Waals surface area contributed by atoms with Crippen molar-refractivity contribution in [1.29, 1.82) is 0 Å². The maximum atomic E-state index is 11.9. The average molecular weight is 265 g/mol. The van der Waals surface area contributed by atoms with Gasteiger partial charge in [-0.25, -0.2) is 4.99 Å². The Labute approximate surface area is 114 Å². The molecule has 0 atom stereocenters. The van der Waals surface area contributed by atoms with Gasteiger partial charge < -0.3 is 15.2 Å². The van der Waals surface area contributed by atoms with E-state index in [1.807, 2.05) is 18.2 Å². The molecule has 0 bridgehead atoms. The van der Waals surface area contributed by atoms with Crippen molar-refractivity contribution in [3.8, 4) is 0 Å². The molecule has 20 heavy (non-hydrogen) atoms. The van der Waals surface area contributed by atoms with Crippen LogP contribution in [0.3, 0.4) is 0 Å². The third-order valence-electron chi connectivity index (χ3n) is 2.99. The lowest BCUT2D eigenvalue weighted by Gasteiger charge is -2.02. The first-order valence-electron chi connectivity index (χ1n) is 5.96. The number of hydrogen-bond donors (Lipinski definition) is 1. The lowest BCUT2D eigenvalue weighted by atomic mass is 10.1. The van der Waals surface area contributed by atoms with Crippen LogP contribution in [0.1, 0.15) is 15.9 Å². The van der Waals surface area contributed by atoms with Crippen molar-refractivity contribution in [2.45, 2.75) is 0 Å². The second kappa shape index (κ2) is 4.62. The van der Waals surface area contributed by atoms with Gasteiger partial charge in [0.1, 0.15) is 5.71 Å². The molecule has 1 heterocycles. The summed E-state index contributed by atoms with van der Waals surface area (Å²) in [4.78, 5) is 26.8. The number of carbonyl (C=O) groups is 2. The Morgan fingerprint density at radius 3 is 2.45 bits per heavy atom. The molecule has 0 aromatic heterocycles. The second-order valence-corrected chi connectivity index (χ2v) is 4.29. The van der Waals surface area contributed by atoms with Crippen molar-refractivity contribution >= 4 is 29.0 Å². The van der Waals surface area contributed by atoms with E-state index in [9.17, 15) is 14.7 Å². The SMILES string of the molecule is O=C1Nc2ccccc2C1=Nc1ccc(C(=O)[O-])cc1. The summed E-state index contributed by atoms with van der Waals surface area (Å²) in [7, 11) is 0. The molecule has 0 fully saturated rings. The average Bonchev–Trinajstić information content (AvgIpc) is 2.76. The van der Waals surface area contributed by atoms with Gasteiger partial charge in [-0.1, -0.05) is 30.3 Å². The fourth-order valence-corrected chi connectivity index (χ4v) is 2.01. The number of nitrogens with zero attached hydrogens (tertiary/aromatic N) is 1. The summed E-state index contributed by atoms with van der Waals surface area (Å²) in [5, 5.41) is 13.4. The summed E-state index contributed by atoms with van der Waals surface area (Å²) in [6.45, 7) is 0. The number of anilines is 1. The number of carboxylic acid groups (broad SMARTS) is 1. The molecule has 5 nitrogen and oxygen atoms in total. The van der Waals surface area contributed by atoms with Crippen LogP contribution in [0, 0.1) is 0 Å². The number of hydrogen-bond acceptors (Lipinski definition) is 4. The van der Waals surface area contributed by atoms with Crippen LogP contribution in [0.15, 0.2) is 53.5 Å². The third-order valence-corrected chi connectivity index (χ3v) is 2.99. The Bertz CT molecular complexity index is 733. The smallest absolute Gasteiger partial charge is 0.275 e. The number of carboxylic acids is 1. The summed E-state index contributed by atoms with van der Waals surface area (Å²) in [5.74, 6) is -1.51. The number of para-hydroxylation sites is 1. The topological polar surface area (TPSA) is 81.6 Å². The van der Waals surface area contributed by atoms with Gasteiger partial charge >= 0.3 is 0 Å². The van der Waals surface area contributed by atoms with E-state index in [1.54, 1.807) is 6.07 Å². The zero-order valence-electron chi connectivity index (χ0n) is 10.3. The largest absolute Gasteiger partial charge is 0.545 e. The first-order chi connectivity index (χ1) is 9.65. The van der Waals surface area contributed by atoms with E-state index in [1.165, 1.54) is 24.3 Å². The van der Waals surface area contributed by atoms with Crippen LogP contribution in [-0.4, -0.2) is 17.6 Å². The number of amides is 1. The van der Waals surface area contributed by atoms with E-state index in [0.717, 1.165) is 11.3 Å². The molecule has 0 aliphatic carbocycles. The monoisotopic (exact) mass is 265 g/mol. The number of rotatable bonds is 2. The molecule has 2 aromatic rings. The molecule has 98 valence electrons. The molecular formula is C15H9N2O3-. The molecule has 3 rings (SSSR count). The standard InChI is InChI=1S/C15H10N2O3/c18-14-13(11-3-1-2-4-12(11)17-14)16-10-7-5-9(6-8-10)15(19)20/h1-8H,(H,19,20)(H,16,17,18)/p-1. The highest BCUT2D eigenvalue weighted by molar-refractivity contribution is 6.54. The predicted molar refractivity (Wildman–Crippen MR) is 72.0 cm³/mol. The molecule has 0 unspecified atom stereocenters. The summed E-state index contributed by atoms with van der Waals surface area (Å²) < 4.78 is 0. The van der Waals surface area contributed by atoms with Gasteiger partial charge in [-0.3, -0.25) is 4.79 Å². The van der Waals surface area contributed by atoms with Crippen LogP contribution in [0.5, 0.6) is 0 Å². The maximum absolute atomic E-state index is 11.9. The van der Waals surface area contributed by atoms with Crippen molar-refractivity contribution in [3.05, 3.63) is 59.7 Å². The summed E-state index contributed by atoms with van der Waals surface area (Å²) >= 11 is 0. The molecule has 1 amide bonds. The Balaban J connectivity index is 2.00. The minimum absolute atomic E-state index is 0.0743.